The van der Waals surface area contributed by atoms with Gasteiger partial charge in [-0.3, -0.25) is 5.10 Å². The Morgan fingerprint density at radius 3 is 2.68 bits per heavy atom. The first-order valence-electron chi connectivity index (χ1n) is 9.20. The van der Waals surface area contributed by atoms with E-state index in [1.54, 1.807) is 6.08 Å². The van der Waals surface area contributed by atoms with Crippen molar-refractivity contribution in [1.82, 2.24) is 15.2 Å². The Hall–Kier alpha value is -2.80. The van der Waals surface area contributed by atoms with Crippen LogP contribution in [0.2, 0.25) is 0 Å². The Kier molecular flexibility index (Phi) is 6.36. The number of hydrogen-bond acceptors (Lipinski definition) is 5. The minimum atomic E-state index is -1.02. The molecular formula is C21H23N3O3S. The van der Waals surface area contributed by atoms with E-state index in [1.165, 1.54) is 0 Å². The fourth-order valence-corrected chi connectivity index (χ4v) is 3.54. The van der Waals surface area contributed by atoms with Gasteiger partial charge >= 0.3 is 5.97 Å². The Balaban J connectivity index is 1.98. The number of carboxylic acids is 1. The predicted molar refractivity (Wildman–Crippen MR) is 112 cm³/mol. The van der Waals surface area contributed by atoms with Crippen molar-refractivity contribution in [3.63, 3.8) is 0 Å². The number of carboxylic acid groups (broad SMARTS) is 1. The van der Waals surface area contributed by atoms with Crippen LogP contribution in [0, 0.1) is 0 Å². The highest BCUT2D eigenvalue weighted by atomic mass is 32.2. The van der Waals surface area contributed by atoms with E-state index in [1.807, 2.05) is 50.2 Å². The summed E-state index contributed by atoms with van der Waals surface area (Å²) in [5.74, 6) is 0.527. The van der Waals surface area contributed by atoms with Gasteiger partial charge in [-0.2, -0.15) is 0 Å². The summed E-state index contributed by atoms with van der Waals surface area (Å²) >= 11 is 1.04. The summed E-state index contributed by atoms with van der Waals surface area (Å²) in [5, 5.41) is 18.9. The van der Waals surface area contributed by atoms with Crippen LogP contribution in [-0.2, 0) is 11.2 Å². The van der Waals surface area contributed by atoms with Crippen LogP contribution in [0.5, 0.6) is 5.75 Å². The molecule has 6 nitrogen and oxygen atoms in total. The molecule has 2 N–H and O–H groups in total. The maximum atomic E-state index is 11.8. The van der Waals surface area contributed by atoms with Gasteiger partial charge in [0.15, 0.2) is 0 Å². The second kappa shape index (κ2) is 8.93. The van der Waals surface area contributed by atoms with Gasteiger partial charge in [-0.05, 0) is 55.1 Å². The highest BCUT2D eigenvalue weighted by molar-refractivity contribution is 8.04. The Labute approximate surface area is 168 Å². The molecule has 28 heavy (non-hydrogen) atoms. The van der Waals surface area contributed by atoms with Crippen molar-refractivity contribution in [2.75, 3.05) is 0 Å². The van der Waals surface area contributed by atoms with Crippen LogP contribution in [-0.4, -0.2) is 32.4 Å². The van der Waals surface area contributed by atoms with Gasteiger partial charge in [0.1, 0.15) is 16.5 Å². The third-order valence-corrected chi connectivity index (χ3v) is 4.85. The number of H-pyrrole nitrogens is 1. The van der Waals surface area contributed by atoms with Crippen molar-refractivity contribution >= 4 is 34.6 Å². The molecule has 0 aliphatic rings. The number of nitrogens with one attached hydrogen (secondary N) is 1. The van der Waals surface area contributed by atoms with Gasteiger partial charge in [-0.1, -0.05) is 37.3 Å². The molecule has 0 aliphatic heterocycles. The molecule has 146 valence electrons. The third kappa shape index (κ3) is 4.72. The molecule has 0 aliphatic carbocycles. The van der Waals surface area contributed by atoms with Crippen LogP contribution >= 0.6 is 11.8 Å². The lowest BCUT2D eigenvalue weighted by Crippen LogP contribution is -2.06. The number of aliphatic carboxylic acids is 1. The second-order valence-corrected chi connectivity index (χ2v) is 7.60. The van der Waals surface area contributed by atoms with Gasteiger partial charge in [-0.25, -0.2) is 9.78 Å². The van der Waals surface area contributed by atoms with Gasteiger partial charge in [-0.15, -0.1) is 5.10 Å². The summed E-state index contributed by atoms with van der Waals surface area (Å²) in [5.41, 5.74) is 0.806. The van der Waals surface area contributed by atoms with Crippen molar-refractivity contribution in [2.45, 2.75) is 44.9 Å². The zero-order valence-corrected chi connectivity index (χ0v) is 16.9. The zero-order valence-electron chi connectivity index (χ0n) is 16.1. The number of aryl methyl sites for hydroxylation is 1. The Morgan fingerprint density at radius 1 is 1.25 bits per heavy atom. The lowest BCUT2D eigenvalue weighted by Gasteiger charge is -2.14. The summed E-state index contributed by atoms with van der Waals surface area (Å²) in [7, 11) is 0. The number of rotatable bonds is 8. The lowest BCUT2D eigenvalue weighted by molar-refractivity contribution is -0.131. The molecule has 0 spiro atoms. The molecule has 0 saturated heterocycles. The fraction of sp³-hybridized carbons (Fsp3) is 0.286. The number of aromatic amines is 1. The lowest BCUT2D eigenvalue weighted by atomic mass is 10.0. The van der Waals surface area contributed by atoms with Crippen LogP contribution in [0.25, 0.3) is 16.8 Å². The predicted octanol–water partition coefficient (Wildman–Crippen LogP) is 4.92. The number of aromatic nitrogens is 3. The van der Waals surface area contributed by atoms with Crippen molar-refractivity contribution in [3.8, 4) is 5.75 Å². The van der Waals surface area contributed by atoms with Crippen LogP contribution in [0.15, 0.2) is 46.5 Å². The van der Waals surface area contributed by atoms with E-state index >= 15 is 0 Å². The van der Waals surface area contributed by atoms with E-state index in [2.05, 4.69) is 22.1 Å². The monoisotopic (exact) mass is 397 g/mol. The maximum Gasteiger partial charge on any atom is 0.342 e. The van der Waals surface area contributed by atoms with E-state index in [4.69, 9.17) is 4.74 Å². The number of hydrogen-bond donors (Lipinski definition) is 2. The highest BCUT2D eigenvalue weighted by Gasteiger charge is 2.15. The molecular weight excluding hydrogens is 374 g/mol. The number of nitrogens with zero attached hydrogens (tertiary/aromatic N) is 2. The first-order chi connectivity index (χ1) is 13.5. The molecule has 3 rings (SSSR count). The molecule has 0 radical (unpaired) electrons. The fourth-order valence-electron chi connectivity index (χ4n) is 2.82. The summed E-state index contributed by atoms with van der Waals surface area (Å²) < 4.78 is 5.89. The summed E-state index contributed by atoms with van der Waals surface area (Å²) in [6, 6.07) is 11.6. The number of thioether (sulfide) groups is 1. The topological polar surface area (TPSA) is 88.1 Å². The van der Waals surface area contributed by atoms with Crippen LogP contribution in [0.1, 0.15) is 38.6 Å². The normalized spacial score (nSPS) is 11.9. The molecule has 0 fully saturated rings. The van der Waals surface area contributed by atoms with Crippen molar-refractivity contribution in [1.29, 1.82) is 0 Å². The maximum absolute atomic E-state index is 11.8. The minimum absolute atomic E-state index is 0.0537. The summed E-state index contributed by atoms with van der Waals surface area (Å²) in [6.45, 7) is 6.01. The number of benzene rings is 2. The van der Waals surface area contributed by atoms with E-state index in [0.29, 0.717) is 5.16 Å². The molecule has 0 atom stereocenters. The SMILES string of the molecule is CCCc1nc(S/C(=C/c2ccc(OC(C)C)c3ccccc23)C(=O)O)n[nH]1. The van der Waals surface area contributed by atoms with Gasteiger partial charge in [0.25, 0.3) is 0 Å². The molecule has 0 bridgehead atoms. The molecule has 3 aromatic rings. The molecule has 0 saturated carbocycles. The molecule has 0 unspecified atom stereocenters. The van der Waals surface area contributed by atoms with Crippen molar-refractivity contribution in [2.24, 2.45) is 0 Å². The molecule has 1 aromatic heterocycles. The van der Waals surface area contributed by atoms with E-state index in [0.717, 1.165) is 52.5 Å². The highest BCUT2D eigenvalue weighted by Crippen LogP contribution is 2.33. The number of carbonyl (C=O) groups is 1. The van der Waals surface area contributed by atoms with Crippen LogP contribution in [0.3, 0.4) is 0 Å². The molecule has 2 aromatic carbocycles. The van der Waals surface area contributed by atoms with Crippen LogP contribution in [0.4, 0.5) is 0 Å². The number of ether oxygens (including phenoxy) is 1. The third-order valence-electron chi connectivity index (χ3n) is 3.98. The van der Waals surface area contributed by atoms with Crippen LogP contribution < -0.4 is 4.74 Å². The number of fused-ring (bicyclic) bond motifs is 1. The van der Waals surface area contributed by atoms with E-state index in [-0.39, 0.29) is 11.0 Å². The largest absolute Gasteiger partial charge is 0.490 e. The molecule has 1 heterocycles. The zero-order chi connectivity index (χ0) is 20.1. The van der Waals surface area contributed by atoms with Gasteiger partial charge in [0.05, 0.1) is 6.10 Å². The van der Waals surface area contributed by atoms with Gasteiger partial charge < -0.3 is 9.84 Å². The smallest absolute Gasteiger partial charge is 0.342 e. The summed E-state index contributed by atoms with van der Waals surface area (Å²) in [4.78, 5) is 16.3. The van der Waals surface area contributed by atoms with Crippen molar-refractivity contribution in [3.05, 3.63) is 52.7 Å². The summed E-state index contributed by atoms with van der Waals surface area (Å²) in [6.07, 6.45) is 3.43. The van der Waals surface area contributed by atoms with Gasteiger partial charge in [0.2, 0.25) is 5.16 Å². The standard InChI is InChI=1S/C21H23N3O3S/c1-4-7-19-22-21(24-23-19)28-18(20(25)26)12-14-10-11-17(27-13(2)3)16-9-6-5-8-15(14)16/h5-6,8-13H,4,7H2,1-3H3,(H,25,26)(H,22,23,24)/b18-12+. The van der Waals surface area contributed by atoms with E-state index in [9.17, 15) is 9.90 Å². The average molecular weight is 398 g/mol. The Morgan fingerprint density at radius 2 is 2.00 bits per heavy atom. The second-order valence-electron chi connectivity index (χ2n) is 6.60. The van der Waals surface area contributed by atoms with Crippen molar-refractivity contribution < 1.29 is 14.6 Å². The first kappa shape index (κ1) is 19.9. The van der Waals surface area contributed by atoms with Gasteiger partial charge in [0, 0.05) is 11.8 Å². The first-order valence-corrected chi connectivity index (χ1v) is 10.0. The Bertz CT molecular complexity index is 1010. The minimum Gasteiger partial charge on any atom is -0.490 e. The van der Waals surface area contributed by atoms with E-state index < -0.39 is 5.97 Å². The quantitative estimate of drug-likeness (QED) is 0.414. The molecule has 7 heteroatoms. The average Bonchev–Trinajstić information content (AvgIpc) is 3.10. The molecule has 0 amide bonds.